The molecule has 11 heteroatoms. The molecule has 0 bridgehead atoms. The molecule has 0 spiro atoms. The largest absolute Gasteiger partial charge is 0.455 e. The first-order chi connectivity index (χ1) is 9.46. The van der Waals surface area contributed by atoms with Crippen LogP contribution in [0.1, 0.15) is 10.4 Å². The highest BCUT2D eigenvalue weighted by atomic mass is 19.4. The third-order valence-corrected chi connectivity index (χ3v) is 1.94. The van der Waals surface area contributed by atoms with Gasteiger partial charge in [-0.15, -0.1) is 0 Å². The van der Waals surface area contributed by atoms with E-state index in [4.69, 9.17) is 0 Å². The van der Waals surface area contributed by atoms with E-state index in [0.717, 1.165) is 0 Å². The summed E-state index contributed by atoms with van der Waals surface area (Å²) in [5, 5.41) is 0. The van der Waals surface area contributed by atoms with E-state index in [2.05, 4.69) is 4.74 Å². The molecule has 2 nitrogen and oxygen atoms in total. The lowest BCUT2D eigenvalue weighted by molar-refractivity contribution is -0.127. The standard InChI is InChI=1S/C10HF9O2/c11-2-1-3(12)6(14)4(5(2)13)9(20)21-7(8(15)16)10(17,18)19/h1H. The summed E-state index contributed by atoms with van der Waals surface area (Å²) in [5.74, 6) is -14.9. The van der Waals surface area contributed by atoms with Gasteiger partial charge in [0.15, 0.2) is 23.3 Å². The lowest BCUT2D eigenvalue weighted by Crippen LogP contribution is -2.21. The van der Waals surface area contributed by atoms with E-state index >= 15 is 0 Å². The topological polar surface area (TPSA) is 26.3 Å². The Labute approximate surface area is 109 Å². The quantitative estimate of drug-likeness (QED) is 0.355. The highest BCUT2D eigenvalue weighted by molar-refractivity contribution is 5.90. The minimum Gasteiger partial charge on any atom is -0.412 e. The van der Waals surface area contributed by atoms with Gasteiger partial charge in [0.05, 0.1) is 0 Å². The normalized spacial score (nSPS) is 11.3. The maximum Gasteiger partial charge on any atom is 0.455 e. The SMILES string of the molecule is O=C(OC(=C(F)F)C(F)(F)F)c1c(F)c(F)cc(F)c1F. The zero-order valence-corrected chi connectivity index (χ0v) is 9.30. The number of rotatable bonds is 2. The first-order valence-electron chi connectivity index (χ1n) is 4.64. The molecule has 1 aromatic rings. The average Bonchev–Trinajstić information content (AvgIpc) is 2.32. The number of hydrogen-bond donors (Lipinski definition) is 0. The van der Waals surface area contributed by atoms with Gasteiger partial charge >= 0.3 is 18.2 Å². The van der Waals surface area contributed by atoms with Gasteiger partial charge in [0.2, 0.25) is 0 Å². The van der Waals surface area contributed by atoms with Gasteiger partial charge in [-0.2, -0.15) is 22.0 Å². The molecule has 0 aromatic heterocycles. The van der Waals surface area contributed by atoms with Crippen molar-refractivity contribution in [1.82, 2.24) is 0 Å². The van der Waals surface area contributed by atoms with Crippen molar-refractivity contribution < 1.29 is 49.0 Å². The van der Waals surface area contributed by atoms with Crippen LogP contribution in [0.5, 0.6) is 0 Å². The van der Waals surface area contributed by atoms with Gasteiger partial charge in [-0.3, -0.25) is 0 Å². The van der Waals surface area contributed by atoms with Gasteiger partial charge in [0, 0.05) is 6.07 Å². The molecule has 0 radical (unpaired) electrons. The molecule has 1 aromatic carbocycles. The number of alkyl halides is 3. The summed E-state index contributed by atoms with van der Waals surface area (Å²) in [6, 6.07) is -0.336. The molecule has 0 N–H and O–H groups in total. The van der Waals surface area contributed by atoms with E-state index in [9.17, 15) is 44.3 Å². The molecule has 0 heterocycles. The van der Waals surface area contributed by atoms with Crippen LogP contribution in [0, 0.1) is 23.3 Å². The second kappa shape index (κ2) is 5.66. The zero-order chi connectivity index (χ0) is 16.5. The predicted molar refractivity (Wildman–Crippen MR) is 47.0 cm³/mol. The Morgan fingerprint density at radius 2 is 1.38 bits per heavy atom. The van der Waals surface area contributed by atoms with Crippen LogP contribution < -0.4 is 0 Å². The van der Waals surface area contributed by atoms with Crippen LogP contribution in [0.2, 0.25) is 0 Å². The maximum absolute atomic E-state index is 13.1. The van der Waals surface area contributed by atoms with Gasteiger partial charge in [0.25, 0.3) is 5.76 Å². The van der Waals surface area contributed by atoms with Crippen molar-refractivity contribution in [2.75, 3.05) is 0 Å². The predicted octanol–water partition coefficient (Wildman–Crippen LogP) is 4.07. The van der Waals surface area contributed by atoms with Crippen LogP contribution in [-0.2, 0) is 4.74 Å². The van der Waals surface area contributed by atoms with E-state index < -0.39 is 52.8 Å². The molecule has 1 rings (SSSR count). The van der Waals surface area contributed by atoms with E-state index in [1.165, 1.54) is 0 Å². The second-order valence-corrected chi connectivity index (χ2v) is 3.32. The van der Waals surface area contributed by atoms with Crippen molar-refractivity contribution in [2.24, 2.45) is 0 Å². The van der Waals surface area contributed by atoms with Crippen molar-refractivity contribution in [1.29, 1.82) is 0 Å². The van der Waals surface area contributed by atoms with Crippen LogP contribution >= 0.6 is 0 Å². The van der Waals surface area contributed by atoms with Crippen molar-refractivity contribution in [3.05, 3.63) is 46.7 Å². The van der Waals surface area contributed by atoms with E-state index in [-0.39, 0.29) is 6.07 Å². The minimum absolute atomic E-state index is 0.336. The smallest absolute Gasteiger partial charge is 0.412 e. The third kappa shape index (κ3) is 3.47. The van der Waals surface area contributed by atoms with Crippen LogP contribution in [0.4, 0.5) is 39.5 Å². The van der Waals surface area contributed by atoms with Gasteiger partial charge in [-0.1, -0.05) is 0 Å². The van der Waals surface area contributed by atoms with Crippen molar-refractivity contribution >= 4 is 5.97 Å². The Hall–Kier alpha value is -2.20. The Morgan fingerprint density at radius 3 is 1.71 bits per heavy atom. The molecule has 0 saturated heterocycles. The van der Waals surface area contributed by atoms with Crippen LogP contribution in [-0.4, -0.2) is 12.1 Å². The van der Waals surface area contributed by atoms with E-state index in [1.54, 1.807) is 0 Å². The number of carbonyl (C=O) groups is 1. The average molecular weight is 324 g/mol. The molecule has 0 unspecified atom stereocenters. The summed E-state index contributed by atoms with van der Waals surface area (Å²) in [5.41, 5.74) is -2.21. The van der Waals surface area contributed by atoms with E-state index in [0.29, 0.717) is 0 Å². The summed E-state index contributed by atoms with van der Waals surface area (Å²) >= 11 is 0. The molecule has 0 amide bonds. The Morgan fingerprint density at radius 1 is 0.952 bits per heavy atom. The minimum atomic E-state index is -5.87. The van der Waals surface area contributed by atoms with Crippen LogP contribution in [0.3, 0.4) is 0 Å². The summed E-state index contributed by atoms with van der Waals surface area (Å²) < 4.78 is 115. The summed E-state index contributed by atoms with van der Waals surface area (Å²) in [7, 11) is 0. The number of ether oxygens (including phenoxy) is 1. The van der Waals surface area contributed by atoms with Crippen molar-refractivity contribution in [3.8, 4) is 0 Å². The number of halogens is 9. The molecule has 0 aliphatic carbocycles. The monoisotopic (exact) mass is 324 g/mol. The summed E-state index contributed by atoms with van der Waals surface area (Å²) in [6.07, 6.45) is -9.39. The number of benzene rings is 1. The van der Waals surface area contributed by atoms with Gasteiger partial charge in [-0.05, 0) is 0 Å². The zero-order valence-electron chi connectivity index (χ0n) is 9.30. The molecular formula is C10HF9O2. The lowest BCUT2D eigenvalue weighted by atomic mass is 10.2. The lowest BCUT2D eigenvalue weighted by Gasteiger charge is -2.11. The second-order valence-electron chi connectivity index (χ2n) is 3.32. The fraction of sp³-hybridized carbons (Fsp3) is 0.100. The Balaban J connectivity index is 3.32. The Kier molecular flexibility index (Phi) is 4.54. The summed E-state index contributed by atoms with van der Waals surface area (Å²) in [4.78, 5) is 11.0. The Bertz CT molecular complexity index is 588. The molecule has 0 atom stereocenters. The van der Waals surface area contributed by atoms with Gasteiger partial charge in [0.1, 0.15) is 5.56 Å². The molecule has 0 saturated carbocycles. The van der Waals surface area contributed by atoms with Crippen molar-refractivity contribution in [2.45, 2.75) is 6.18 Å². The molecule has 116 valence electrons. The van der Waals surface area contributed by atoms with Crippen molar-refractivity contribution in [3.63, 3.8) is 0 Å². The number of hydrogen-bond acceptors (Lipinski definition) is 2. The molecule has 0 aliphatic heterocycles. The highest BCUT2D eigenvalue weighted by Gasteiger charge is 2.43. The summed E-state index contributed by atoms with van der Waals surface area (Å²) in [6.45, 7) is 0. The number of carbonyl (C=O) groups excluding carboxylic acids is 1. The van der Waals surface area contributed by atoms with Gasteiger partial charge in [-0.25, -0.2) is 22.4 Å². The number of allylic oxidation sites excluding steroid dienone is 1. The molecular weight excluding hydrogens is 323 g/mol. The highest BCUT2D eigenvalue weighted by Crippen LogP contribution is 2.32. The first kappa shape index (κ1) is 16.9. The maximum atomic E-state index is 13.1. The molecule has 21 heavy (non-hydrogen) atoms. The molecule has 0 aliphatic rings. The van der Waals surface area contributed by atoms with Crippen LogP contribution in [0.15, 0.2) is 17.9 Å². The fourth-order valence-electron chi connectivity index (χ4n) is 1.10. The first-order valence-corrected chi connectivity index (χ1v) is 4.64. The fourth-order valence-corrected chi connectivity index (χ4v) is 1.10. The van der Waals surface area contributed by atoms with Crippen LogP contribution in [0.25, 0.3) is 0 Å². The van der Waals surface area contributed by atoms with E-state index in [1.807, 2.05) is 0 Å². The number of esters is 1. The molecule has 0 fully saturated rings. The van der Waals surface area contributed by atoms with Gasteiger partial charge < -0.3 is 4.74 Å². The third-order valence-electron chi connectivity index (χ3n) is 1.94.